The molecule has 0 aliphatic heterocycles. The van der Waals surface area contributed by atoms with Gasteiger partial charge in [0.15, 0.2) is 0 Å². The van der Waals surface area contributed by atoms with Gasteiger partial charge in [0.2, 0.25) is 5.91 Å². The highest BCUT2D eigenvalue weighted by atomic mass is 16.3. The van der Waals surface area contributed by atoms with Crippen LogP contribution in [0.1, 0.15) is 28.3 Å². The van der Waals surface area contributed by atoms with Gasteiger partial charge in [-0.25, -0.2) is 0 Å². The van der Waals surface area contributed by atoms with E-state index < -0.39 is 0 Å². The Morgan fingerprint density at radius 3 is 2.64 bits per heavy atom. The quantitative estimate of drug-likeness (QED) is 0.714. The molecule has 0 radical (unpaired) electrons. The molecule has 5 nitrogen and oxygen atoms in total. The maximum Gasteiger partial charge on any atom is 0.248 e. The Hall–Kier alpha value is -3.08. The molecule has 0 atom stereocenters. The van der Waals surface area contributed by atoms with Gasteiger partial charge in [-0.2, -0.15) is 5.10 Å². The Morgan fingerprint density at radius 2 is 1.96 bits per heavy atom. The normalized spacial score (nSPS) is 11.2. The van der Waals surface area contributed by atoms with E-state index in [4.69, 9.17) is 4.42 Å². The fourth-order valence-corrected chi connectivity index (χ4v) is 2.61. The number of hydrogen-bond acceptors (Lipinski definition) is 3. The maximum atomic E-state index is 12.1. The Kier molecular flexibility index (Phi) is 4.84. The van der Waals surface area contributed by atoms with Crippen molar-refractivity contribution in [1.82, 2.24) is 9.78 Å². The first-order valence-electron chi connectivity index (χ1n) is 8.15. The molecule has 0 spiro atoms. The molecule has 0 aliphatic carbocycles. The largest absolute Gasteiger partial charge is 0.465 e. The number of carbonyl (C=O) groups is 1. The van der Waals surface area contributed by atoms with Crippen molar-refractivity contribution in [3.05, 3.63) is 77.0 Å². The highest BCUT2D eigenvalue weighted by Crippen LogP contribution is 2.20. The van der Waals surface area contributed by atoms with Crippen molar-refractivity contribution in [2.75, 3.05) is 5.32 Å². The fourth-order valence-electron chi connectivity index (χ4n) is 2.61. The van der Waals surface area contributed by atoms with Gasteiger partial charge in [-0.05, 0) is 44.5 Å². The molecule has 25 heavy (non-hydrogen) atoms. The molecule has 0 fully saturated rings. The van der Waals surface area contributed by atoms with E-state index in [2.05, 4.69) is 41.6 Å². The second-order valence-electron chi connectivity index (χ2n) is 6.03. The van der Waals surface area contributed by atoms with Crippen LogP contribution in [0, 0.1) is 20.8 Å². The third kappa shape index (κ3) is 4.07. The van der Waals surface area contributed by atoms with Gasteiger partial charge < -0.3 is 9.73 Å². The summed E-state index contributed by atoms with van der Waals surface area (Å²) in [4.78, 5) is 12.1. The lowest BCUT2D eigenvalue weighted by Gasteiger charge is -2.06. The summed E-state index contributed by atoms with van der Waals surface area (Å²) in [5.74, 6) is 0.427. The molecule has 2 aromatic heterocycles. The Labute approximate surface area is 147 Å². The van der Waals surface area contributed by atoms with E-state index in [1.807, 2.05) is 18.5 Å². The van der Waals surface area contributed by atoms with Gasteiger partial charge in [-0.3, -0.25) is 9.48 Å². The molecule has 0 unspecified atom stereocenters. The molecule has 5 heteroatoms. The van der Waals surface area contributed by atoms with Crippen LogP contribution in [0.2, 0.25) is 0 Å². The van der Waals surface area contributed by atoms with Crippen molar-refractivity contribution in [3.63, 3.8) is 0 Å². The van der Waals surface area contributed by atoms with E-state index >= 15 is 0 Å². The zero-order valence-corrected chi connectivity index (χ0v) is 14.6. The van der Waals surface area contributed by atoms with Crippen LogP contribution in [-0.4, -0.2) is 15.7 Å². The van der Waals surface area contributed by atoms with Crippen molar-refractivity contribution < 1.29 is 9.21 Å². The number of nitrogens with zero attached hydrogens (tertiary/aromatic N) is 2. The SMILES string of the molecule is Cc1ccc(Cn2nc(C)c(NC(=O)C=Cc3ccco3)c2C)cc1. The van der Waals surface area contributed by atoms with Gasteiger partial charge >= 0.3 is 0 Å². The van der Waals surface area contributed by atoms with E-state index in [1.54, 1.807) is 24.5 Å². The summed E-state index contributed by atoms with van der Waals surface area (Å²) in [5.41, 5.74) is 4.88. The monoisotopic (exact) mass is 335 g/mol. The first-order valence-corrected chi connectivity index (χ1v) is 8.15. The van der Waals surface area contributed by atoms with Crippen LogP contribution in [0.4, 0.5) is 5.69 Å². The van der Waals surface area contributed by atoms with Gasteiger partial charge in [0.1, 0.15) is 5.76 Å². The minimum atomic E-state index is -0.211. The van der Waals surface area contributed by atoms with Crippen LogP contribution in [0.5, 0.6) is 0 Å². The number of nitrogens with one attached hydrogen (secondary N) is 1. The van der Waals surface area contributed by atoms with Crippen LogP contribution in [-0.2, 0) is 11.3 Å². The first kappa shape index (κ1) is 16.8. The van der Waals surface area contributed by atoms with E-state index in [0.29, 0.717) is 12.3 Å². The number of anilines is 1. The van der Waals surface area contributed by atoms with E-state index in [9.17, 15) is 4.79 Å². The minimum absolute atomic E-state index is 0.211. The average Bonchev–Trinajstić information content (AvgIpc) is 3.19. The van der Waals surface area contributed by atoms with Crippen molar-refractivity contribution in [3.8, 4) is 0 Å². The van der Waals surface area contributed by atoms with E-state index in [1.165, 1.54) is 17.2 Å². The molecule has 1 aromatic carbocycles. The van der Waals surface area contributed by atoms with Crippen LogP contribution in [0.3, 0.4) is 0 Å². The lowest BCUT2D eigenvalue weighted by Crippen LogP contribution is -2.10. The Bertz CT molecular complexity index is 888. The number of hydrogen-bond donors (Lipinski definition) is 1. The molecule has 2 heterocycles. The number of amides is 1. The molecule has 3 aromatic rings. The van der Waals surface area contributed by atoms with Crippen molar-refractivity contribution in [1.29, 1.82) is 0 Å². The molecule has 0 aliphatic rings. The zero-order valence-electron chi connectivity index (χ0n) is 14.6. The summed E-state index contributed by atoms with van der Waals surface area (Å²) >= 11 is 0. The second-order valence-corrected chi connectivity index (χ2v) is 6.03. The van der Waals surface area contributed by atoms with Gasteiger partial charge in [-0.1, -0.05) is 29.8 Å². The predicted octanol–water partition coefficient (Wildman–Crippen LogP) is 4.10. The topological polar surface area (TPSA) is 60.1 Å². The number of aromatic nitrogens is 2. The standard InChI is InChI=1S/C20H21N3O2/c1-14-6-8-17(9-7-14)13-23-16(3)20(15(2)22-23)21-19(24)11-10-18-5-4-12-25-18/h4-12H,13H2,1-3H3,(H,21,24). The summed E-state index contributed by atoms with van der Waals surface area (Å²) in [6, 6.07) is 11.9. The highest BCUT2D eigenvalue weighted by Gasteiger charge is 2.13. The molecule has 0 saturated heterocycles. The molecule has 0 bridgehead atoms. The number of rotatable bonds is 5. The molecule has 3 rings (SSSR count). The first-order chi connectivity index (χ1) is 12.0. The van der Waals surface area contributed by atoms with Gasteiger partial charge in [0, 0.05) is 6.08 Å². The van der Waals surface area contributed by atoms with Crippen molar-refractivity contribution >= 4 is 17.7 Å². The summed E-state index contributed by atoms with van der Waals surface area (Å²) in [7, 11) is 0. The smallest absolute Gasteiger partial charge is 0.248 e. The molecular weight excluding hydrogens is 314 g/mol. The highest BCUT2D eigenvalue weighted by molar-refractivity contribution is 6.02. The zero-order chi connectivity index (χ0) is 17.8. The molecular formula is C20H21N3O2. The maximum absolute atomic E-state index is 12.1. The predicted molar refractivity (Wildman–Crippen MR) is 98.4 cm³/mol. The average molecular weight is 335 g/mol. The molecule has 0 saturated carbocycles. The Balaban J connectivity index is 1.73. The third-order valence-corrected chi connectivity index (χ3v) is 4.02. The third-order valence-electron chi connectivity index (χ3n) is 4.02. The second kappa shape index (κ2) is 7.21. The summed E-state index contributed by atoms with van der Waals surface area (Å²) < 4.78 is 7.09. The van der Waals surface area contributed by atoms with Crippen LogP contribution < -0.4 is 5.32 Å². The van der Waals surface area contributed by atoms with Crippen molar-refractivity contribution in [2.24, 2.45) is 0 Å². The van der Waals surface area contributed by atoms with E-state index in [0.717, 1.165) is 17.1 Å². The van der Waals surface area contributed by atoms with Gasteiger partial charge in [0.25, 0.3) is 0 Å². The van der Waals surface area contributed by atoms with Gasteiger partial charge in [0.05, 0.1) is 29.9 Å². The van der Waals surface area contributed by atoms with Crippen LogP contribution in [0.15, 0.2) is 53.2 Å². The lowest BCUT2D eigenvalue weighted by atomic mass is 10.1. The lowest BCUT2D eigenvalue weighted by molar-refractivity contribution is -0.111. The van der Waals surface area contributed by atoms with Crippen LogP contribution in [0.25, 0.3) is 6.08 Å². The molecule has 128 valence electrons. The number of benzene rings is 1. The summed E-state index contributed by atoms with van der Waals surface area (Å²) in [5, 5.41) is 7.46. The van der Waals surface area contributed by atoms with E-state index in [-0.39, 0.29) is 5.91 Å². The fraction of sp³-hybridized carbons (Fsp3) is 0.200. The number of furan rings is 1. The molecule has 1 amide bonds. The summed E-state index contributed by atoms with van der Waals surface area (Å²) in [6.07, 6.45) is 4.66. The van der Waals surface area contributed by atoms with Gasteiger partial charge in [-0.15, -0.1) is 0 Å². The van der Waals surface area contributed by atoms with Crippen LogP contribution >= 0.6 is 0 Å². The number of carbonyl (C=O) groups excluding carboxylic acids is 1. The Morgan fingerprint density at radius 1 is 1.20 bits per heavy atom. The minimum Gasteiger partial charge on any atom is -0.465 e. The molecule has 1 N–H and O–H groups in total. The number of aryl methyl sites for hydroxylation is 2. The summed E-state index contributed by atoms with van der Waals surface area (Å²) in [6.45, 7) is 6.59. The van der Waals surface area contributed by atoms with Crippen molar-refractivity contribution in [2.45, 2.75) is 27.3 Å².